The van der Waals surface area contributed by atoms with Crippen molar-refractivity contribution >= 4 is 17.6 Å². The molecular weight excluding hydrogens is 400 g/mol. The molecule has 1 unspecified atom stereocenters. The highest BCUT2D eigenvalue weighted by molar-refractivity contribution is 5.99. The monoisotopic (exact) mass is 428 g/mol. The highest BCUT2D eigenvalue weighted by Crippen LogP contribution is 2.31. The Hall–Kier alpha value is -3.36. The molecular formula is C22H28N4O5. The number of hydrogen-bond donors (Lipinski definition) is 1. The van der Waals surface area contributed by atoms with Gasteiger partial charge in [0, 0.05) is 25.1 Å². The summed E-state index contributed by atoms with van der Waals surface area (Å²) in [7, 11) is 1.58. The van der Waals surface area contributed by atoms with Gasteiger partial charge in [-0.2, -0.15) is 5.10 Å². The number of carbonyl (C=O) groups is 2. The maximum Gasteiger partial charge on any atom is 0.354 e. The van der Waals surface area contributed by atoms with E-state index in [2.05, 4.69) is 15.6 Å². The third kappa shape index (κ3) is 5.04. The van der Waals surface area contributed by atoms with Crippen molar-refractivity contribution in [2.75, 3.05) is 20.3 Å². The van der Waals surface area contributed by atoms with Gasteiger partial charge in [0.15, 0.2) is 0 Å². The second-order valence-corrected chi connectivity index (χ2v) is 7.61. The molecule has 9 nitrogen and oxygen atoms in total. The molecule has 2 aromatic rings. The number of aromatic nitrogens is 2. The number of nitrogens with zero attached hydrogens (tertiary/aromatic N) is 3. The van der Waals surface area contributed by atoms with Crippen LogP contribution >= 0.6 is 0 Å². The molecule has 1 amide bonds. The van der Waals surface area contributed by atoms with Crippen molar-refractivity contribution < 1.29 is 23.9 Å². The Morgan fingerprint density at radius 1 is 1.32 bits per heavy atom. The average molecular weight is 428 g/mol. The van der Waals surface area contributed by atoms with Gasteiger partial charge in [-0.15, -0.1) is 0 Å². The predicted molar refractivity (Wildman–Crippen MR) is 114 cm³/mol. The second kappa shape index (κ2) is 9.63. The van der Waals surface area contributed by atoms with Gasteiger partial charge < -0.3 is 19.6 Å². The van der Waals surface area contributed by atoms with Crippen molar-refractivity contribution in [3.05, 3.63) is 47.8 Å². The summed E-state index contributed by atoms with van der Waals surface area (Å²) in [6.07, 6.45) is 2.07. The van der Waals surface area contributed by atoms with E-state index in [-0.39, 0.29) is 37.9 Å². The van der Waals surface area contributed by atoms with Crippen molar-refractivity contribution in [1.82, 2.24) is 15.1 Å². The average Bonchev–Trinajstić information content (AvgIpc) is 3.41. The van der Waals surface area contributed by atoms with Gasteiger partial charge in [0.05, 0.1) is 26.0 Å². The maximum atomic E-state index is 12.8. The van der Waals surface area contributed by atoms with Gasteiger partial charge in [-0.3, -0.25) is 9.48 Å². The molecule has 0 saturated carbocycles. The smallest absolute Gasteiger partial charge is 0.354 e. The van der Waals surface area contributed by atoms with E-state index in [1.165, 1.54) is 0 Å². The van der Waals surface area contributed by atoms with Crippen LogP contribution in [0.2, 0.25) is 0 Å². The minimum Gasteiger partial charge on any atom is -0.497 e. The first-order valence-corrected chi connectivity index (χ1v) is 10.2. The summed E-state index contributed by atoms with van der Waals surface area (Å²) in [6.45, 7) is 6.02. The fourth-order valence-corrected chi connectivity index (χ4v) is 3.47. The summed E-state index contributed by atoms with van der Waals surface area (Å²) >= 11 is 0. The third-order valence-corrected chi connectivity index (χ3v) is 4.96. The van der Waals surface area contributed by atoms with Crippen LogP contribution < -0.4 is 10.1 Å². The van der Waals surface area contributed by atoms with E-state index < -0.39 is 11.6 Å². The number of esters is 1. The van der Waals surface area contributed by atoms with E-state index in [0.29, 0.717) is 17.2 Å². The van der Waals surface area contributed by atoms with E-state index in [0.717, 1.165) is 5.56 Å². The van der Waals surface area contributed by atoms with Gasteiger partial charge in [0.25, 0.3) is 5.91 Å². The number of rotatable bonds is 9. The van der Waals surface area contributed by atoms with E-state index >= 15 is 0 Å². The molecule has 0 fully saturated rings. The van der Waals surface area contributed by atoms with Crippen molar-refractivity contribution in [1.29, 1.82) is 0 Å². The van der Waals surface area contributed by atoms with E-state index in [9.17, 15) is 9.59 Å². The molecule has 1 aromatic heterocycles. The Bertz CT molecular complexity index is 968. The van der Waals surface area contributed by atoms with Crippen LogP contribution in [0.3, 0.4) is 0 Å². The summed E-state index contributed by atoms with van der Waals surface area (Å²) < 4.78 is 12.2. The van der Waals surface area contributed by atoms with Crippen LogP contribution in [0.4, 0.5) is 0 Å². The molecule has 0 radical (unpaired) electrons. The number of methoxy groups -OCH3 is 1. The molecule has 1 aliphatic heterocycles. The van der Waals surface area contributed by atoms with Crippen molar-refractivity contribution in [2.24, 2.45) is 5.16 Å². The summed E-state index contributed by atoms with van der Waals surface area (Å²) in [6, 6.07) is 9.13. The van der Waals surface area contributed by atoms with Gasteiger partial charge in [-0.05, 0) is 44.5 Å². The molecule has 0 spiro atoms. The lowest BCUT2D eigenvalue weighted by atomic mass is 9.89. The third-order valence-electron chi connectivity index (χ3n) is 4.96. The predicted octanol–water partition coefficient (Wildman–Crippen LogP) is 2.52. The number of nitrogens with one attached hydrogen (secondary N) is 1. The van der Waals surface area contributed by atoms with Crippen molar-refractivity contribution in [3.63, 3.8) is 0 Å². The minimum absolute atomic E-state index is 0.0576. The molecule has 9 heteroatoms. The van der Waals surface area contributed by atoms with Crippen LogP contribution in [0.1, 0.15) is 49.3 Å². The van der Waals surface area contributed by atoms with Gasteiger partial charge in [-0.25, -0.2) is 4.79 Å². The molecule has 0 saturated heterocycles. The Morgan fingerprint density at radius 3 is 2.84 bits per heavy atom. The summed E-state index contributed by atoms with van der Waals surface area (Å²) in [5, 5.41) is 11.1. The standard InChI is InChI=1S/C22H28N4O5/c1-5-30-21(28)22(12-16-7-6-8-18(11-16)29-4)13-17(25-31-22)14-23-20(27)19-9-10-24-26(19)15(2)3/h6-11,15H,5,12-14H2,1-4H3,(H,23,27). The molecule has 2 heterocycles. The van der Waals surface area contributed by atoms with Crippen molar-refractivity contribution in [3.8, 4) is 5.75 Å². The molecule has 1 atom stereocenters. The second-order valence-electron chi connectivity index (χ2n) is 7.61. The number of hydrogen-bond acceptors (Lipinski definition) is 7. The molecule has 1 aliphatic rings. The van der Waals surface area contributed by atoms with Gasteiger partial charge in [-0.1, -0.05) is 17.3 Å². The number of oxime groups is 1. The van der Waals surface area contributed by atoms with Crippen LogP contribution in [-0.4, -0.2) is 53.2 Å². The maximum absolute atomic E-state index is 12.8. The van der Waals surface area contributed by atoms with E-state index in [4.69, 9.17) is 14.3 Å². The highest BCUT2D eigenvalue weighted by atomic mass is 16.7. The Kier molecular flexibility index (Phi) is 6.94. The van der Waals surface area contributed by atoms with Crippen molar-refractivity contribution in [2.45, 2.75) is 45.3 Å². The summed E-state index contributed by atoms with van der Waals surface area (Å²) in [5.74, 6) is -0.0687. The van der Waals surface area contributed by atoms with Gasteiger partial charge >= 0.3 is 5.97 Å². The van der Waals surface area contributed by atoms with Crippen LogP contribution in [0, 0.1) is 0 Å². The lowest BCUT2D eigenvalue weighted by molar-refractivity contribution is -0.168. The first kappa shape index (κ1) is 22.3. The fourth-order valence-electron chi connectivity index (χ4n) is 3.47. The normalized spacial score (nSPS) is 17.8. The first-order chi connectivity index (χ1) is 14.9. The molecule has 166 valence electrons. The van der Waals surface area contributed by atoms with E-state index in [1.807, 2.05) is 38.1 Å². The molecule has 0 aliphatic carbocycles. The van der Waals surface area contributed by atoms with Gasteiger partial charge in [0.2, 0.25) is 5.60 Å². The quantitative estimate of drug-likeness (QED) is 0.616. The molecule has 1 aromatic carbocycles. The fraction of sp³-hybridized carbons (Fsp3) is 0.455. The zero-order valence-electron chi connectivity index (χ0n) is 18.3. The zero-order valence-corrected chi connectivity index (χ0v) is 18.3. The van der Waals surface area contributed by atoms with Crippen LogP contribution in [0.25, 0.3) is 0 Å². The summed E-state index contributed by atoms with van der Waals surface area (Å²) in [4.78, 5) is 31.0. The SMILES string of the molecule is CCOC(=O)C1(Cc2cccc(OC)c2)CC(CNC(=O)c2ccnn2C(C)C)=NO1. The first-order valence-electron chi connectivity index (χ1n) is 10.2. The number of carbonyl (C=O) groups excluding carboxylic acids is 2. The van der Waals surface area contributed by atoms with Gasteiger partial charge in [0.1, 0.15) is 11.4 Å². The molecule has 0 bridgehead atoms. The molecule has 31 heavy (non-hydrogen) atoms. The Balaban J connectivity index is 1.69. The largest absolute Gasteiger partial charge is 0.497 e. The zero-order chi connectivity index (χ0) is 22.4. The van der Waals surface area contributed by atoms with Crippen LogP contribution in [0.15, 0.2) is 41.7 Å². The topological polar surface area (TPSA) is 104 Å². The Labute approximate surface area is 181 Å². The number of amides is 1. The van der Waals surface area contributed by atoms with Crippen LogP contribution in [0.5, 0.6) is 5.75 Å². The van der Waals surface area contributed by atoms with E-state index in [1.54, 1.807) is 31.0 Å². The minimum atomic E-state index is -1.28. The van der Waals surface area contributed by atoms with Crippen LogP contribution in [-0.2, 0) is 20.8 Å². The summed E-state index contributed by atoms with van der Waals surface area (Å²) in [5.41, 5.74) is 0.596. The molecule has 1 N–H and O–H groups in total. The number of benzene rings is 1. The highest BCUT2D eigenvalue weighted by Gasteiger charge is 2.48. The Morgan fingerprint density at radius 2 is 2.13 bits per heavy atom. The molecule has 3 rings (SSSR count). The lowest BCUT2D eigenvalue weighted by Gasteiger charge is -2.24. The lowest BCUT2D eigenvalue weighted by Crippen LogP contribution is -2.43. The number of ether oxygens (including phenoxy) is 2.